The molecule has 0 radical (unpaired) electrons. The van der Waals surface area contributed by atoms with Gasteiger partial charge in [0, 0.05) is 19.0 Å². The maximum atomic E-state index is 9.34. The minimum atomic E-state index is -0.0495. The summed E-state index contributed by atoms with van der Waals surface area (Å²) >= 11 is 5.69. The number of piperidine rings is 1. The third-order valence-electron chi connectivity index (χ3n) is 3.10. The van der Waals surface area contributed by atoms with E-state index < -0.39 is 0 Å². The van der Waals surface area contributed by atoms with E-state index in [-0.39, 0.29) is 6.10 Å². The largest absolute Gasteiger partial charge is 0.393 e. The first-order chi connectivity index (χ1) is 6.72. The van der Waals surface area contributed by atoms with E-state index in [1.54, 1.807) is 0 Å². The topological polar surface area (TPSA) is 23.5 Å². The molecule has 2 nitrogen and oxygen atoms in total. The van der Waals surface area contributed by atoms with Gasteiger partial charge in [-0.15, -0.1) is 11.6 Å². The van der Waals surface area contributed by atoms with Crippen LogP contribution in [0.25, 0.3) is 0 Å². The Morgan fingerprint density at radius 3 is 2.57 bits per heavy atom. The lowest BCUT2D eigenvalue weighted by Crippen LogP contribution is -2.36. The number of aliphatic hydroxyl groups is 1. The number of likely N-dealkylation sites (tertiary alicyclic amines) is 1. The van der Waals surface area contributed by atoms with Gasteiger partial charge in [-0.05, 0) is 38.1 Å². The van der Waals surface area contributed by atoms with Crippen LogP contribution in [0.15, 0.2) is 0 Å². The van der Waals surface area contributed by atoms with Crippen molar-refractivity contribution < 1.29 is 5.11 Å². The Bertz CT molecular complexity index is 146. The predicted molar refractivity (Wildman–Crippen MR) is 60.8 cm³/mol. The molecule has 1 N–H and O–H groups in total. The number of hydrogen-bond acceptors (Lipinski definition) is 2. The highest BCUT2D eigenvalue weighted by molar-refractivity contribution is 6.17. The smallest absolute Gasteiger partial charge is 0.0564 e. The van der Waals surface area contributed by atoms with E-state index in [1.807, 2.05) is 0 Å². The van der Waals surface area contributed by atoms with Gasteiger partial charge in [0.05, 0.1) is 6.10 Å². The second kappa shape index (κ2) is 6.65. The first kappa shape index (κ1) is 12.3. The van der Waals surface area contributed by atoms with Crippen LogP contribution in [0, 0.1) is 5.92 Å². The Kier molecular flexibility index (Phi) is 5.83. The minimum absolute atomic E-state index is 0.0495. The van der Waals surface area contributed by atoms with Crippen molar-refractivity contribution in [2.24, 2.45) is 5.92 Å². The average Bonchev–Trinajstić information content (AvgIpc) is 2.17. The van der Waals surface area contributed by atoms with E-state index in [1.165, 1.54) is 13.0 Å². The van der Waals surface area contributed by atoms with E-state index in [9.17, 15) is 5.11 Å². The fraction of sp³-hybridized carbons (Fsp3) is 1.00. The summed E-state index contributed by atoms with van der Waals surface area (Å²) in [7, 11) is 0. The number of rotatable bonds is 5. The maximum Gasteiger partial charge on any atom is 0.0564 e. The molecule has 0 aromatic carbocycles. The van der Waals surface area contributed by atoms with Gasteiger partial charge in [-0.25, -0.2) is 0 Å². The summed E-state index contributed by atoms with van der Waals surface area (Å²) < 4.78 is 0. The fourth-order valence-electron chi connectivity index (χ4n) is 1.88. The van der Waals surface area contributed by atoms with Gasteiger partial charge in [-0.2, -0.15) is 0 Å². The van der Waals surface area contributed by atoms with Crippen molar-refractivity contribution in [3.63, 3.8) is 0 Å². The van der Waals surface area contributed by atoms with Crippen LogP contribution in [-0.4, -0.2) is 41.6 Å². The van der Waals surface area contributed by atoms with Crippen LogP contribution in [0.4, 0.5) is 0 Å². The van der Waals surface area contributed by atoms with Gasteiger partial charge in [0.1, 0.15) is 0 Å². The number of nitrogens with zero attached hydrogens (tertiary/aromatic N) is 1. The van der Waals surface area contributed by atoms with Gasteiger partial charge in [-0.1, -0.05) is 6.92 Å². The summed E-state index contributed by atoms with van der Waals surface area (Å²) in [6, 6.07) is 0. The van der Waals surface area contributed by atoms with Crippen LogP contribution in [0.2, 0.25) is 0 Å². The summed E-state index contributed by atoms with van der Waals surface area (Å²) in [5.41, 5.74) is 0. The summed E-state index contributed by atoms with van der Waals surface area (Å²) in [4.78, 5) is 2.46. The highest BCUT2D eigenvalue weighted by Crippen LogP contribution is 2.14. The molecule has 0 saturated carbocycles. The number of alkyl halides is 1. The molecule has 1 rings (SSSR count). The zero-order valence-corrected chi connectivity index (χ0v) is 9.84. The van der Waals surface area contributed by atoms with Crippen LogP contribution < -0.4 is 0 Å². The molecule has 0 spiro atoms. The molecule has 1 atom stereocenters. The zero-order valence-electron chi connectivity index (χ0n) is 9.08. The lowest BCUT2D eigenvalue weighted by atomic mass is 10.0. The van der Waals surface area contributed by atoms with Crippen LogP contribution in [0.5, 0.6) is 0 Å². The van der Waals surface area contributed by atoms with Crippen molar-refractivity contribution in [1.82, 2.24) is 4.90 Å². The van der Waals surface area contributed by atoms with E-state index in [0.29, 0.717) is 0 Å². The quantitative estimate of drug-likeness (QED) is 0.716. The molecule has 1 heterocycles. The second-order valence-electron chi connectivity index (χ2n) is 4.44. The van der Waals surface area contributed by atoms with Crippen molar-refractivity contribution in [3.05, 3.63) is 0 Å². The molecule has 84 valence electrons. The highest BCUT2D eigenvalue weighted by atomic mass is 35.5. The third-order valence-corrected chi connectivity index (χ3v) is 3.32. The molecule has 1 aliphatic rings. The van der Waals surface area contributed by atoms with Crippen molar-refractivity contribution in [2.75, 3.05) is 25.5 Å². The van der Waals surface area contributed by atoms with E-state index >= 15 is 0 Å². The normalized spacial score (nSPS) is 22.5. The van der Waals surface area contributed by atoms with Gasteiger partial charge < -0.3 is 10.0 Å². The Morgan fingerprint density at radius 1 is 1.36 bits per heavy atom. The fourth-order valence-corrected chi connectivity index (χ4v) is 2.25. The van der Waals surface area contributed by atoms with Crippen LogP contribution in [0.3, 0.4) is 0 Å². The summed E-state index contributed by atoms with van der Waals surface area (Å²) in [5, 5.41) is 9.34. The second-order valence-corrected chi connectivity index (χ2v) is 4.82. The Labute approximate surface area is 92.2 Å². The standard InChI is InChI=1S/C11H22ClNO/c1-10(2-6-12)3-7-13-8-4-11(14)5-9-13/h10-11,14H,2-9H2,1H3. The first-order valence-corrected chi connectivity index (χ1v) is 6.22. The Hall–Kier alpha value is 0.210. The minimum Gasteiger partial charge on any atom is -0.393 e. The highest BCUT2D eigenvalue weighted by Gasteiger charge is 2.16. The van der Waals surface area contributed by atoms with Crippen molar-refractivity contribution >= 4 is 11.6 Å². The Morgan fingerprint density at radius 2 is 2.00 bits per heavy atom. The maximum absolute atomic E-state index is 9.34. The molecule has 1 fully saturated rings. The summed E-state index contributed by atoms with van der Waals surface area (Å²) in [6.45, 7) is 5.56. The Balaban J connectivity index is 2.06. The van der Waals surface area contributed by atoms with Crippen LogP contribution in [-0.2, 0) is 0 Å². The molecule has 0 aromatic rings. The number of hydrogen-bond donors (Lipinski definition) is 1. The van der Waals surface area contributed by atoms with Gasteiger partial charge >= 0.3 is 0 Å². The molecular weight excluding hydrogens is 198 g/mol. The SMILES string of the molecule is CC(CCCl)CCN1CCC(O)CC1. The first-order valence-electron chi connectivity index (χ1n) is 5.68. The number of halogens is 1. The molecular formula is C11H22ClNO. The average molecular weight is 220 g/mol. The molecule has 0 bridgehead atoms. The molecule has 0 amide bonds. The van der Waals surface area contributed by atoms with Crippen molar-refractivity contribution in [2.45, 2.75) is 38.7 Å². The van der Waals surface area contributed by atoms with Gasteiger partial charge in [-0.3, -0.25) is 0 Å². The zero-order chi connectivity index (χ0) is 10.4. The third kappa shape index (κ3) is 4.63. The van der Waals surface area contributed by atoms with Gasteiger partial charge in [0.2, 0.25) is 0 Å². The summed E-state index contributed by atoms with van der Waals surface area (Å²) in [6.07, 6.45) is 4.21. The van der Waals surface area contributed by atoms with E-state index in [0.717, 1.165) is 44.1 Å². The summed E-state index contributed by atoms with van der Waals surface area (Å²) in [5.74, 6) is 1.51. The molecule has 3 heteroatoms. The van der Waals surface area contributed by atoms with Crippen molar-refractivity contribution in [1.29, 1.82) is 0 Å². The van der Waals surface area contributed by atoms with Gasteiger partial charge in [0.15, 0.2) is 0 Å². The monoisotopic (exact) mass is 219 g/mol. The van der Waals surface area contributed by atoms with E-state index in [4.69, 9.17) is 11.6 Å². The van der Waals surface area contributed by atoms with Crippen LogP contribution >= 0.6 is 11.6 Å². The molecule has 0 aromatic heterocycles. The van der Waals surface area contributed by atoms with Crippen LogP contribution in [0.1, 0.15) is 32.6 Å². The molecule has 1 saturated heterocycles. The van der Waals surface area contributed by atoms with Gasteiger partial charge in [0.25, 0.3) is 0 Å². The molecule has 1 unspecified atom stereocenters. The van der Waals surface area contributed by atoms with E-state index in [2.05, 4.69) is 11.8 Å². The molecule has 0 aliphatic carbocycles. The molecule has 1 aliphatic heterocycles. The molecule has 14 heavy (non-hydrogen) atoms. The number of aliphatic hydroxyl groups excluding tert-OH is 1. The van der Waals surface area contributed by atoms with Crippen molar-refractivity contribution in [3.8, 4) is 0 Å². The lowest BCUT2D eigenvalue weighted by molar-refractivity contribution is 0.0801. The predicted octanol–water partition coefficient (Wildman–Crippen LogP) is 2.10. The lowest BCUT2D eigenvalue weighted by Gasteiger charge is -2.30.